The molecule has 10 heteroatoms. The zero-order valence-corrected chi connectivity index (χ0v) is 14.9. The Morgan fingerprint density at radius 2 is 1.86 bits per heavy atom. The quantitative estimate of drug-likeness (QED) is 0.604. The molecule has 1 aromatic carbocycles. The van der Waals surface area contributed by atoms with Gasteiger partial charge in [-0.3, -0.25) is 19.5 Å². The van der Waals surface area contributed by atoms with E-state index in [1.165, 1.54) is 18.2 Å². The minimum Gasteiger partial charge on any atom is -0.416 e. The van der Waals surface area contributed by atoms with E-state index in [-0.39, 0.29) is 36.2 Å². The molecule has 0 unspecified atom stereocenters. The summed E-state index contributed by atoms with van der Waals surface area (Å²) in [6, 6.07) is 7.14. The fourth-order valence-corrected chi connectivity index (χ4v) is 2.80. The maximum atomic E-state index is 13.9. The number of nitrogens with zero attached hydrogens (tertiary/aromatic N) is 4. The van der Waals surface area contributed by atoms with Crippen molar-refractivity contribution < 1.29 is 23.5 Å². The van der Waals surface area contributed by atoms with E-state index in [0.717, 1.165) is 11.0 Å². The third-order valence-electron chi connectivity index (χ3n) is 4.17. The summed E-state index contributed by atoms with van der Waals surface area (Å²) in [6.07, 6.45) is 4.25. The molecule has 2 aromatic heterocycles. The molecule has 1 aliphatic rings. The number of anilines is 1. The Morgan fingerprint density at radius 3 is 2.62 bits per heavy atom. The number of nitrogens with one attached hydrogen (secondary N) is 1. The Hall–Kier alpha value is -3.92. The molecule has 0 radical (unpaired) electrons. The number of hydrogen-bond donors (Lipinski definition) is 2. The van der Waals surface area contributed by atoms with Crippen LogP contribution in [0.25, 0.3) is 22.9 Å². The van der Waals surface area contributed by atoms with Gasteiger partial charge in [0.05, 0.1) is 24.4 Å². The van der Waals surface area contributed by atoms with Crippen LogP contribution in [-0.2, 0) is 9.59 Å². The van der Waals surface area contributed by atoms with E-state index in [1.807, 2.05) is 0 Å². The number of pyridine rings is 1. The second-order valence-electron chi connectivity index (χ2n) is 6.04. The zero-order valence-electron chi connectivity index (χ0n) is 14.9. The van der Waals surface area contributed by atoms with Crippen molar-refractivity contribution in [1.82, 2.24) is 20.1 Å². The first-order chi connectivity index (χ1) is 14.1. The van der Waals surface area contributed by atoms with E-state index in [4.69, 9.17) is 9.52 Å². The summed E-state index contributed by atoms with van der Waals surface area (Å²) in [7, 11) is 0. The van der Waals surface area contributed by atoms with Crippen LogP contribution in [0.2, 0.25) is 0 Å². The van der Waals surface area contributed by atoms with Gasteiger partial charge in [-0.2, -0.15) is 0 Å². The number of rotatable bonds is 6. The fourth-order valence-electron chi connectivity index (χ4n) is 2.80. The number of carbonyl (C=O) groups excluding carboxylic acids is 2. The maximum absolute atomic E-state index is 13.9. The Morgan fingerprint density at radius 1 is 1.10 bits per heavy atom. The highest BCUT2D eigenvalue weighted by Crippen LogP contribution is 2.31. The summed E-state index contributed by atoms with van der Waals surface area (Å²) in [5.74, 6) is -1.43. The van der Waals surface area contributed by atoms with Gasteiger partial charge in [-0.05, 0) is 30.3 Å². The second kappa shape index (κ2) is 7.60. The van der Waals surface area contributed by atoms with Crippen LogP contribution in [0.5, 0.6) is 0 Å². The molecule has 0 spiro atoms. The average molecular weight is 395 g/mol. The first kappa shape index (κ1) is 18.4. The van der Waals surface area contributed by atoms with Gasteiger partial charge in [-0.15, -0.1) is 10.2 Å². The van der Waals surface area contributed by atoms with Gasteiger partial charge in [-0.1, -0.05) is 0 Å². The number of carbonyl (C=O) groups is 2. The monoisotopic (exact) mass is 395 g/mol. The summed E-state index contributed by atoms with van der Waals surface area (Å²) in [6.45, 7) is -0.464. The topological polar surface area (TPSA) is 121 Å². The van der Waals surface area contributed by atoms with Crippen LogP contribution < -0.4 is 5.32 Å². The third-order valence-corrected chi connectivity index (χ3v) is 4.17. The number of hydrogen-bond acceptors (Lipinski definition) is 8. The summed E-state index contributed by atoms with van der Waals surface area (Å²) in [5.41, 5.74) is 1.16. The van der Waals surface area contributed by atoms with Gasteiger partial charge in [-0.25, -0.2) is 4.39 Å². The van der Waals surface area contributed by atoms with Gasteiger partial charge in [0.15, 0.2) is 0 Å². The summed E-state index contributed by atoms with van der Waals surface area (Å²) < 4.78 is 19.5. The molecule has 4 rings (SSSR count). The minimum absolute atomic E-state index is 0.00909. The van der Waals surface area contributed by atoms with E-state index in [9.17, 15) is 14.0 Å². The SMILES string of the molecule is O=C1C=C(Nc2ccc(F)cc2-c2nnc(-c3ccncc3)o2)C(=O)N1CCO. The first-order valence-electron chi connectivity index (χ1n) is 8.56. The normalized spacial score (nSPS) is 13.7. The molecular formula is C19H14FN5O4. The molecule has 0 atom stereocenters. The van der Waals surface area contributed by atoms with Crippen LogP contribution >= 0.6 is 0 Å². The van der Waals surface area contributed by atoms with Crippen molar-refractivity contribution in [1.29, 1.82) is 0 Å². The van der Waals surface area contributed by atoms with Gasteiger partial charge in [0.2, 0.25) is 11.8 Å². The highest BCUT2D eigenvalue weighted by Gasteiger charge is 2.31. The number of β-amino-alcohol motifs (C(OH)–C–C–N with tert-alkyl or cyclic N) is 1. The van der Waals surface area contributed by atoms with Crippen LogP contribution in [0.1, 0.15) is 0 Å². The molecule has 2 amide bonds. The third kappa shape index (κ3) is 3.60. The Labute approximate surface area is 163 Å². The van der Waals surface area contributed by atoms with Gasteiger partial charge in [0.1, 0.15) is 11.5 Å². The van der Waals surface area contributed by atoms with E-state index < -0.39 is 17.6 Å². The molecule has 0 fully saturated rings. The van der Waals surface area contributed by atoms with Crippen molar-refractivity contribution in [2.24, 2.45) is 0 Å². The zero-order chi connectivity index (χ0) is 20.4. The van der Waals surface area contributed by atoms with E-state index in [1.54, 1.807) is 24.5 Å². The molecule has 0 saturated carbocycles. The van der Waals surface area contributed by atoms with Crippen molar-refractivity contribution in [3.63, 3.8) is 0 Å². The van der Waals surface area contributed by atoms with Gasteiger partial charge >= 0.3 is 0 Å². The molecule has 0 aliphatic carbocycles. The van der Waals surface area contributed by atoms with Crippen molar-refractivity contribution in [2.75, 3.05) is 18.5 Å². The number of aliphatic hydroxyl groups excluding tert-OH is 1. The maximum Gasteiger partial charge on any atom is 0.277 e. The van der Waals surface area contributed by atoms with Crippen LogP contribution in [0.3, 0.4) is 0 Å². The lowest BCUT2D eigenvalue weighted by molar-refractivity contribution is -0.137. The molecule has 0 saturated heterocycles. The lowest BCUT2D eigenvalue weighted by Gasteiger charge is -2.14. The number of aliphatic hydroxyl groups is 1. The summed E-state index contributed by atoms with van der Waals surface area (Å²) >= 11 is 0. The summed E-state index contributed by atoms with van der Waals surface area (Å²) in [4.78, 5) is 29.1. The molecule has 29 heavy (non-hydrogen) atoms. The van der Waals surface area contributed by atoms with E-state index in [2.05, 4.69) is 20.5 Å². The van der Waals surface area contributed by atoms with Crippen LogP contribution in [0, 0.1) is 5.82 Å². The van der Waals surface area contributed by atoms with Gasteiger partial charge in [0, 0.05) is 24.0 Å². The van der Waals surface area contributed by atoms with Crippen LogP contribution in [-0.4, -0.2) is 50.2 Å². The molecule has 2 N–H and O–H groups in total. The second-order valence-corrected chi connectivity index (χ2v) is 6.04. The fraction of sp³-hybridized carbons (Fsp3) is 0.105. The number of amides is 2. The average Bonchev–Trinajstić information content (AvgIpc) is 3.31. The number of aromatic nitrogens is 3. The smallest absolute Gasteiger partial charge is 0.277 e. The van der Waals surface area contributed by atoms with Gasteiger partial charge < -0.3 is 14.8 Å². The van der Waals surface area contributed by atoms with Crippen molar-refractivity contribution in [3.8, 4) is 22.9 Å². The number of imide groups is 1. The molecule has 3 heterocycles. The molecule has 1 aliphatic heterocycles. The Kier molecular flexibility index (Phi) is 4.83. The minimum atomic E-state index is -0.595. The van der Waals surface area contributed by atoms with E-state index in [0.29, 0.717) is 11.3 Å². The highest BCUT2D eigenvalue weighted by molar-refractivity contribution is 6.17. The van der Waals surface area contributed by atoms with Crippen LogP contribution in [0.4, 0.5) is 10.1 Å². The molecule has 0 bridgehead atoms. The predicted molar refractivity (Wildman–Crippen MR) is 98.4 cm³/mol. The Bertz CT molecular complexity index is 1110. The van der Waals surface area contributed by atoms with E-state index >= 15 is 0 Å². The van der Waals surface area contributed by atoms with Crippen molar-refractivity contribution in [2.45, 2.75) is 0 Å². The van der Waals surface area contributed by atoms with Crippen molar-refractivity contribution >= 4 is 17.5 Å². The highest BCUT2D eigenvalue weighted by atomic mass is 19.1. The lowest BCUT2D eigenvalue weighted by Crippen LogP contribution is -2.34. The van der Waals surface area contributed by atoms with Crippen molar-refractivity contribution in [3.05, 3.63) is 60.3 Å². The standard InChI is InChI=1S/C19H14FN5O4/c20-12-1-2-14(22-15-10-16(27)25(7-8-26)19(15)28)13(9-12)18-24-23-17(29-18)11-3-5-21-6-4-11/h1-6,9-10,22,26H,7-8H2. The molecular weight excluding hydrogens is 381 g/mol. The van der Waals surface area contributed by atoms with Gasteiger partial charge in [0.25, 0.3) is 11.8 Å². The largest absolute Gasteiger partial charge is 0.416 e. The molecule has 146 valence electrons. The Balaban J connectivity index is 1.66. The lowest BCUT2D eigenvalue weighted by atomic mass is 10.1. The molecule has 3 aromatic rings. The predicted octanol–water partition coefficient (Wildman–Crippen LogP) is 1.59. The number of benzene rings is 1. The summed E-state index contributed by atoms with van der Waals surface area (Å²) in [5, 5.41) is 19.7. The van der Waals surface area contributed by atoms with Crippen LogP contribution in [0.15, 0.2) is 58.9 Å². The first-order valence-corrected chi connectivity index (χ1v) is 8.56. The number of halogens is 1. The molecule has 9 nitrogen and oxygen atoms in total.